The standard InChI is InChI=1S/C29H24N2O/c32-29(24-15-14-21-8-4-5-11-23(21)18-24)19-28(22-9-2-1-3-10-22)30-17-16-25-20-31-27-13-7-6-12-26(25)27/h1-15,18-20,30-31H,16-17H2/b28-19+. The number of H-pyrrole nitrogens is 1. The van der Waals surface area contributed by atoms with Crippen molar-refractivity contribution in [1.82, 2.24) is 10.3 Å². The molecule has 0 spiro atoms. The van der Waals surface area contributed by atoms with Crippen LogP contribution in [0.3, 0.4) is 0 Å². The number of aromatic nitrogens is 1. The van der Waals surface area contributed by atoms with Crippen molar-refractivity contribution < 1.29 is 4.79 Å². The Labute approximate surface area is 187 Å². The number of benzene rings is 4. The van der Waals surface area contributed by atoms with E-state index in [0.29, 0.717) is 5.56 Å². The first-order valence-corrected chi connectivity index (χ1v) is 10.9. The van der Waals surface area contributed by atoms with Gasteiger partial charge >= 0.3 is 0 Å². The highest BCUT2D eigenvalue weighted by molar-refractivity contribution is 6.10. The molecule has 1 aromatic heterocycles. The summed E-state index contributed by atoms with van der Waals surface area (Å²) in [7, 11) is 0. The Kier molecular flexibility index (Phi) is 5.54. The molecule has 2 N–H and O–H groups in total. The maximum absolute atomic E-state index is 13.1. The van der Waals surface area contributed by atoms with Crippen LogP contribution in [0.5, 0.6) is 0 Å². The molecule has 0 aliphatic heterocycles. The van der Waals surface area contributed by atoms with Gasteiger partial charge in [0.15, 0.2) is 5.78 Å². The Hall–Kier alpha value is -4.11. The van der Waals surface area contributed by atoms with E-state index < -0.39 is 0 Å². The molecule has 0 radical (unpaired) electrons. The van der Waals surface area contributed by atoms with Gasteiger partial charge in [-0.3, -0.25) is 4.79 Å². The van der Waals surface area contributed by atoms with Crippen LogP contribution in [-0.2, 0) is 6.42 Å². The van der Waals surface area contributed by atoms with Gasteiger partial charge in [0.1, 0.15) is 0 Å². The summed E-state index contributed by atoms with van der Waals surface area (Å²) in [6.45, 7) is 0.730. The zero-order valence-electron chi connectivity index (χ0n) is 17.7. The SMILES string of the molecule is O=C(/C=C(/NCCc1c[nH]c2ccccc12)c1ccccc1)c1ccc2ccccc2c1. The number of allylic oxidation sites excluding steroid dienone is 1. The maximum atomic E-state index is 13.1. The Morgan fingerprint density at radius 2 is 1.53 bits per heavy atom. The summed E-state index contributed by atoms with van der Waals surface area (Å²) in [5.41, 5.74) is 4.94. The minimum Gasteiger partial charge on any atom is -0.384 e. The lowest BCUT2D eigenvalue weighted by Gasteiger charge is -2.12. The largest absolute Gasteiger partial charge is 0.384 e. The molecule has 4 aromatic carbocycles. The van der Waals surface area contributed by atoms with Crippen LogP contribution in [0.1, 0.15) is 21.5 Å². The van der Waals surface area contributed by atoms with Gasteiger partial charge < -0.3 is 10.3 Å². The van der Waals surface area contributed by atoms with E-state index in [0.717, 1.165) is 40.5 Å². The van der Waals surface area contributed by atoms with Crippen LogP contribution in [0.4, 0.5) is 0 Å². The number of hydrogen-bond donors (Lipinski definition) is 2. The van der Waals surface area contributed by atoms with Crippen molar-refractivity contribution in [1.29, 1.82) is 0 Å². The molecule has 0 unspecified atom stereocenters. The highest BCUT2D eigenvalue weighted by atomic mass is 16.1. The number of aromatic amines is 1. The number of nitrogens with one attached hydrogen (secondary N) is 2. The van der Waals surface area contributed by atoms with Gasteiger partial charge in [0.25, 0.3) is 0 Å². The van der Waals surface area contributed by atoms with Gasteiger partial charge in [-0.15, -0.1) is 0 Å². The fourth-order valence-electron chi connectivity index (χ4n) is 4.08. The van der Waals surface area contributed by atoms with Crippen molar-refractivity contribution in [2.75, 3.05) is 6.54 Å². The number of hydrogen-bond acceptors (Lipinski definition) is 2. The summed E-state index contributed by atoms with van der Waals surface area (Å²) >= 11 is 0. The van der Waals surface area contributed by atoms with E-state index >= 15 is 0 Å². The molecule has 5 rings (SSSR count). The Morgan fingerprint density at radius 3 is 2.41 bits per heavy atom. The molecule has 0 amide bonds. The second kappa shape index (κ2) is 8.94. The number of rotatable bonds is 7. The molecular formula is C29H24N2O. The molecule has 3 heteroatoms. The van der Waals surface area contributed by atoms with Crippen LogP contribution in [0, 0.1) is 0 Å². The maximum Gasteiger partial charge on any atom is 0.187 e. The average molecular weight is 417 g/mol. The first kappa shape index (κ1) is 19.8. The second-order valence-corrected chi connectivity index (χ2v) is 7.89. The van der Waals surface area contributed by atoms with Crippen molar-refractivity contribution in [3.8, 4) is 0 Å². The molecule has 5 aromatic rings. The molecule has 0 fully saturated rings. The van der Waals surface area contributed by atoms with Crippen LogP contribution < -0.4 is 5.32 Å². The lowest BCUT2D eigenvalue weighted by atomic mass is 10.0. The van der Waals surface area contributed by atoms with E-state index in [1.807, 2.05) is 72.8 Å². The van der Waals surface area contributed by atoms with Crippen LogP contribution in [0.2, 0.25) is 0 Å². The van der Waals surface area contributed by atoms with Gasteiger partial charge in [-0.2, -0.15) is 0 Å². The van der Waals surface area contributed by atoms with E-state index in [4.69, 9.17) is 0 Å². The molecule has 0 aliphatic carbocycles. The number of carbonyl (C=O) groups is 1. The molecular weight excluding hydrogens is 392 g/mol. The molecule has 3 nitrogen and oxygen atoms in total. The van der Waals surface area contributed by atoms with Crippen LogP contribution in [0.25, 0.3) is 27.4 Å². The first-order chi connectivity index (χ1) is 15.8. The predicted molar refractivity (Wildman–Crippen MR) is 133 cm³/mol. The van der Waals surface area contributed by atoms with Gasteiger partial charge in [0.05, 0.1) is 0 Å². The van der Waals surface area contributed by atoms with Crippen LogP contribution in [0.15, 0.2) is 109 Å². The molecule has 0 aliphatic rings. The average Bonchev–Trinajstić information content (AvgIpc) is 3.26. The third-order valence-corrected chi connectivity index (χ3v) is 5.78. The number of para-hydroxylation sites is 1. The van der Waals surface area contributed by atoms with Crippen molar-refractivity contribution >= 4 is 33.2 Å². The summed E-state index contributed by atoms with van der Waals surface area (Å²) in [4.78, 5) is 16.4. The van der Waals surface area contributed by atoms with Crippen LogP contribution in [-0.4, -0.2) is 17.3 Å². The molecule has 1 heterocycles. The van der Waals surface area contributed by atoms with Gasteiger partial charge in [-0.1, -0.05) is 84.9 Å². The van der Waals surface area contributed by atoms with Crippen molar-refractivity contribution in [2.24, 2.45) is 0 Å². The van der Waals surface area contributed by atoms with Gasteiger partial charge in [0.2, 0.25) is 0 Å². The van der Waals surface area contributed by atoms with E-state index in [1.165, 1.54) is 10.9 Å². The summed E-state index contributed by atoms with van der Waals surface area (Å²) < 4.78 is 0. The minimum absolute atomic E-state index is 0.00537. The Balaban J connectivity index is 1.38. The first-order valence-electron chi connectivity index (χ1n) is 10.9. The highest BCUT2D eigenvalue weighted by Gasteiger charge is 2.09. The van der Waals surface area contributed by atoms with Gasteiger partial charge in [-0.05, 0) is 40.5 Å². The predicted octanol–water partition coefficient (Wildman–Crippen LogP) is 6.38. The summed E-state index contributed by atoms with van der Waals surface area (Å²) in [6, 6.07) is 32.3. The zero-order valence-corrected chi connectivity index (χ0v) is 17.7. The molecule has 0 saturated carbocycles. The molecule has 156 valence electrons. The topological polar surface area (TPSA) is 44.9 Å². The zero-order chi connectivity index (χ0) is 21.8. The number of carbonyl (C=O) groups excluding carboxylic acids is 1. The van der Waals surface area contributed by atoms with E-state index in [1.54, 1.807) is 6.08 Å². The molecule has 0 saturated heterocycles. The Morgan fingerprint density at radius 1 is 0.781 bits per heavy atom. The van der Waals surface area contributed by atoms with E-state index in [-0.39, 0.29) is 5.78 Å². The van der Waals surface area contributed by atoms with Crippen molar-refractivity contribution in [2.45, 2.75) is 6.42 Å². The summed E-state index contributed by atoms with van der Waals surface area (Å²) in [5, 5.41) is 6.95. The van der Waals surface area contributed by atoms with Crippen LogP contribution >= 0.6 is 0 Å². The summed E-state index contributed by atoms with van der Waals surface area (Å²) in [6.07, 6.45) is 4.64. The molecule has 0 bridgehead atoms. The number of ketones is 1. The van der Waals surface area contributed by atoms with E-state index in [9.17, 15) is 4.79 Å². The van der Waals surface area contributed by atoms with Gasteiger partial charge in [0, 0.05) is 41.0 Å². The van der Waals surface area contributed by atoms with Crippen molar-refractivity contribution in [3.63, 3.8) is 0 Å². The second-order valence-electron chi connectivity index (χ2n) is 7.89. The lowest BCUT2D eigenvalue weighted by Crippen LogP contribution is -2.17. The Bertz CT molecular complexity index is 1410. The third-order valence-electron chi connectivity index (χ3n) is 5.78. The molecule has 32 heavy (non-hydrogen) atoms. The normalized spacial score (nSPS) is 11.7. The quantitative estimate of drug-likeness (QED) is 0.239. The number of fused-ring (bicyclic) bond motifs is 2. The fourth-order valence-corrected chi connectivity index (χ4v) is 4.08. The highest BCUT2D eigenvalue weighted by Crippen LogP contribution is 2.20. The lowest BCUT2D eigenvalue weighted by molar-refractivity contribution is 0.104. The third kappa shape index (κ3) is 4.19. The van der Waals surface area contributed by atoms with Crippen molar-refractivity contribution in [3.05, 3.63) is 126 Å². The van der Waals surface area contributed by atoms with E-state index in [2.05, 4.69) is 40.8 Å². The smallest absolute Gasteiger partial charge is 0.187 e. The monoisotopic (exact) mass is 416 g/mol. The van der Waals surface area contributed by atoms with Gasteiger partial charge in [-0.25, -0.2) is 0 Å². The molecule has 0 atom stereocenters. The summed E-state index contributed by atoms with van der Waals surface area (Å²) in [5.74, 6) is -0.00537. The fraction of sp³-hybridized carbons (Fsp3) is 0.0690. The minimum atomic E-state index is -0.00537.